The van der Waals surface area contributed by atoms with Gasteiger partial charge in [-0.25, -0.2) is 4.79 Å². The smallest absolute Gasteiger partial charge is 0.410 e. The summed E-state index contributed by atoms with van der Waals surface area (Å²) in [6.45, 7) is 9.74. The van der Waals surface area contributed by atoms with Gasteiger partial charge in [-0.1, -0.05) is 30.3 Å². The lowest BCUT2D eigenvalue weighted by Crippen LogP contribution is -2.46. The molecular formula is C24H38N2O2. The number of hydrogen-bond donors (Lipinski definition) is 0. The second kappa shape index (κ2) is 8.86. The zero-order chi connectivity index (χ0) is 20.2. The van der Waals surface area contributed by atoms with Crippen LogP contribution in [0.2, 0.25) is 0 Å². The highest BCUT2D eigenvalue weighted by Gasteiger charge is 2.39. The number of likely N-dealkylation sites (tertiary alicyclic amines) is 1. The topological polar surface area (TPSA) is 32.8 Å². The molecule has 0 bridgehead atoms. The van der Waals surface area contributed by atoms with E-state index in [0.29, 0.717) is 5.41 Å². The molecule has 1 aliphatic heterocycles. The average Bonchev–Trinajstić information content (AvgIpc) is 2.64. The number of rotatable bonds is 4. The number of nitrogens with zero attached hydrogens (tertiary/aromatic N) is 2. The summed E-state index contributed by atoms with van der Waals surface area (Å²) in [6, 6.07) is 10.8. The van der Waals surface area contributed by atoms with Gasteiger partial charge in [-0.3, -0.25) is 0 Å². The van der Waals surface area contributed by atoms with Crippen LogP contribution in [0.3, 0.4) is 0 Å². The summed E-state index contributed by atoms with van der Waals surface area (Å²) in [6.07, 6.45) is 7.42. The average molecular weight is 387 g/mol. The number of ether oxygens (including phenoxy) is 1. The molecule has 3 rings (SSSR count). The minimum atomic E-state index is -0.407. The Hall–Kier alpha value is -1.55. The highest BCUT2D eigenvalue weighted by atomic mass is 16.6. The third-order valence-corrected chi connectivity index (χ3v) is 6.51. The molecule has 1 aromatic carbocycles. The fraction of sp³-hybridized carbons (Fsp3) is 0.708. The molecule has 4 heteroatoms. The van der Waals surface area contributed by atoms with Crippen molar-refractivity contribution in [2.24, 2.45) is 11.3 Å². The van der Waals surface area contributed by atoms with E-state index in [9.17, 15) is 4.79 Å². The lowest BCUT2D eigenvalue weighted by Gasteiger charge is -2.46. The van der Waals surface area contributed by atoms with Crippen LogP contribution in [0, 0.1) is 11.3 Å². The summed E-state index contributed by atoms with van der Waals surface area (Å²) >= 11 is 0. The van der Waals surface area contributed by atoms with Crippen molar-refractivity contribution in [2.45, 2.75) is 71.4 Å². The second-order valence-corrected chi connectivity index (χ2v) is 10.1. The normalized spacial score (nSPS) is 20.5. The Kier molecular flexibility index (Phi) is 6.69. The molecule has 156 valence electrons. The number of amides is 1. The van der Waals surface area contributed by atoms with E-state index in [4.69, 9.17) is 4.74 Å². The highest BCUT2D eigenvalue weighted by Crippen LogP contribution is 2.46. The van der Waals surface area contributed by atoms with Gasteiger partial charge in [0.25, 0.3) is 0 Å². The van der Waals surface area contributed by atoms with Crippen molar-refractivity contribution < 1.29 is 9.53 Å². The molecule has 2 fully saturated rings. The van der Waals surface area contributed by atoms with E-state index in [1.165, 1.54) is 37.8 Å². The first kappa shape index (κ1) is 21.2. The third kappa shape index (κ3) is 5.97. The molecule has 0 aromatic heterocycles. The molecule has 2 aliphatic rings. The van der Waals surface area contributed by atoms with Crippen molar-refractivity contribution in [3.63, 3.8) is 0 Å². The number of carbonyl (C=O) groups is 1. The van der Waals surface area contributed by atoms with Crippen molar-refractivity contribution in [1.29, 1.82) is 0 Å². The predicted molar refractivity (Wildman–Crippen MR) is 114 cm³/mol. The fourth-order valence-electron chi connectivity index (χ4n) is 4.86. The van der Waals surface area contributed by atoms with Crippen molar-refractivity contribution in [1.82, 2.24) is 9.80 Å². The highest BCUT2D eigenvalue weighted by molar-refractivity contribution is 5.68. The van der Waals surface area contributed by atoms with E-state index in [-0.39, 0.29) is 6.09 Å². The van der Waals surface area contributed by atoms with E-state index in [0.717, 1.165) is 38.4 Å². The summed E-state index contributed by atoms with van der Waals surface area (Å²) in [7, 11) is 2.25. The van der Waals surface area contributed by atoms with E-state index in [1.807, 2.05) is 25.7 Å². The first-order chi connectivity index (χ1) is 13.2. The maximum atomic E-state index is 12.3. The van der Waals surface area contributed by atoms with Crippen LogP contribution in [-0.2, 0) is 11.3 Å². The van der Waals surface area contributed by atoms with Crippen molar-refractivity contribution >= 4 is 6.09 Å². The van der Waals surface area contributed by atoms with Crippen LogP contribution in [0.1, 0.15) is 64.9 Å². The maximum Gasteiger partial charge on any atom is 0.410 e. The minimum absolute atomic E-state index is 0.140. The van der Waals surface area contributed by atoms with Gasteiger partial charge in [-0.05, 0) is 83.2 Å². The molecular weight excluding hydrogens is 348 g/mol. The molecule has 1 aliphatic carbocycles. The van der Waals surface area contributed by atoms with Crippen molar-refractivity contribution in [3.8, 4) is 0 Å². The van der Waals surface area contributed by atoms with Crippen molar-refractivity contribution in [3.05, 3.63) is 35.9 Å². The van der Waals surface area contributed by atoms with Gasteiger partial charge in [0.05, 0.1) is 0 Å². The Morgan fingerprint density at radius 3 is 2.29 bits per heavy atom. The molecule has 0 unspecified atom stereocenters. The van der Waals surface area contributed by atoms with Gasteiger partial charge in [-0.2, -0.15) is 0 Å². The molecule has 0 radical (unpaired) electrons. The monoisotopic (exact) mass is 386 g/mol. The molecule has 28 heavy (non-hydrogen) atoms. The van der Waals surface area contributed by atoms with Crippen LogP contribution in [0.25, 0.3) is 0 Å². The molecule has 0 N–H and O–H groups in total. The summed E-state index contributed by atoms with van der Waals surface area (Å²) in [5.41, 5.74) is 1.45. The zero-order valence-electron chi connectivity index (χ0n) is 18.2. The lowest BCUT2D eigenvalue weighted by atomic mass is 9.65. The molecule has 1 aromatic rings. The predicted octanol–water partition coefficient (Wildman–Crippen LogP) is 5.33. The Morgan fingerprint density at radius 1 is 1.11 bits per heavy atom. The van der Waals surface area contributed by atoms with E-state index >= 15 is 0 Å². The third-order valence-electron chi connectivity index (χ3n) is 6.51. The summed E-state index contributed by atoms with van der Waals surface area (Å²) in [5.74, 6) is 0.809. The first-order valence-corrected chi connectivity index (χ1v) is 11.0. The zero-order valence-corrected chi connectivity index (χ0v) is 18.2. The van der Waals surface area contributed by atoms with Gasteiger partial charge in [0.2, 0.25) is 0 Å². The van der Waals surface area contributed by atoms with Crippen LogP contribution in [0.5, 0.6) is 0 Å². The molecule has 1 saturated carbocycles. The maximum absolute atomic E-state index is 12.3. The fourth-order valence-corrected chi connectivity index (χ4v) is 4.86. The van der Waals surface area contributed by atoms with Gasteiger partial charge in [0.15, 0.2) is 0 Å². The van der Waals surface area contributed by atoms with E-state index in [2.05, 4.69) is 42.3 Å². The van der Waals surface area contributed by atoms with E-state index < -0.39 is 5.60 Å². The van der Waals surface area contributed by atoms with Crippen LogP contribution >= 0.6 is 0 Å². The largest absolute Gasteiger partial charge is 0.444 e. The number of benzene rings is 1. The van der Waals surface area contributed by atoms with Crippen molar-refractivity contribution in [2.75, 3.05) is 26.7 Å². The second-order valence-electron chi connectivity index (χ2n) is 10.1. The van der Waals surface area contributed by atoms with Gasteiger partial charge >= 0.3 is 6.09 Å². The quantitative estimate of drug-likeness (QED) is 0.701. The summed E-state index contributed by atoms with van der Waals surface area (Å²) in [4.78, 5) is 16.7. The summed E-state index contributed by atoms with van der Waals surface area (Å²) in [5, 5.41) is 0. The molecule has 1 saturated heterocycles. The van der Waals surface area contributed by atoms with Gasteiger partial charge in [-0.15, -0.1) is 0 Å². The van der Waals surface area contributed by atoms with Crippen LogP contribution in [0.4, 0.5) is 4.79 Å². The number of carbonyl (C=O) groups excluding carboxylic acids is 1. The molecule has 4 nitrogen and oxygen atoms in total. The number of piperidine rings is 1. The Balaban J connectivity index is 1.41. The Morgan fingerprint density at radius 2 is 1.71 bits per heavy atom. The number of hydrogen-bond acceptors (Lipinski definition) is 3. The van der Waals surface area contributed by atoms with Gasteiger partial charge in [0.1, 0.15) is 5.60 Å². The van der Waals surface area contributed by atoms with Gasteiger partial charge in [0, 0.05) is 26.2 Å². The SMILES string of the molecule is CN(Cc1ccccc1)CC1CCC2(CC1)CCN(C(=O)OC(C)(C)C)CC2. The first-order valence-electron chi connectivity index (χ1n) is 11.0. The standard InChI is InChI=1S/C24H38N2O2/c1-23(2,3)28-22(27)26-16-14-24(15-17-26)12-10-21(11-13-24)19-25(4)18-20-8-6-5-7-9-20/h5-9,21H,10-19H2,1-4H3. The lowest BCUT2D eigenvalue weighted by molar-refractivity contribution is 0.000301. The van der Waals surface area contributed by atoms with Gasteiger partial charge < -0.3 is 14.5 Å². The Labute approximate surface area is 171 Å². The van der Waals surface area contributed by atoms with Crippen LogP contribution in [-0.4, -0.2) is 48.2 Å². The van der Waals surface area contributed by atoms with Crippen LogP contribution < -0.4 is 0 Å². The summed E-state index contributed by atoms with van der Waals surface area (Å²) < 4.78 is 5.54. The minimum Gasteiger partial charge on any atom is -0.444 e. The molecule has 1 amide bonds. The Bertz CT molecular complexity index is 620. The van der Waals surface area contributed by atoms with Crippen LogP contribution in [0.15, 0.2) is 30.3 Å². The molecule has 0 atom stereocenters. The molecule has 1 heterocycles. The van der Waals surface area contributed by atoms with E-state index in [1.54, 1.807) is 0 Å². The molecule has 1 spiro atoms.